The number of aromatic nitrogens is 2. The van der Waals surface area contributed by atoms with Crippen molar-refractivity contribution in [2.24, 2.45) is 0 Å². The number of rotatable bonds is 5. The second-order valence-corrected chi connectivity index (χ2v) is 9.16. The van der Waals surface area contributed by atoms with E-state index in [1.165, 1.54) is 0 Å². The molecule has 0 saturated carbocycles. The number of hydrogen-bond acceptors (Lipinski definition) is 6. The van der Waals surface area contributed by atoms with Gasteiger partial charge in [-0.05, 0) is 26.0 Å². The van der Waals surface area contributed by atoms with Crippen molar-refractivity contribution in [3.8, 4) is 11.5 Å². The Morgan fingerprint density at radius 1 is 1.20 bits per heavy atom. The average Bonchev–Trinajstić information content (AvgIpc) is 3.04. The van der Waals surface area contributed by atoms with E-state index in [0.717, 1.165) is 0 Å². The average molecular weight is 385 g/mol. The van der Waals surface area contributed by atoms with Gasteiger partial charge in [0.2, 0.25) is 10.0 Å². The first-order chi connectivity index (χ1) is 11.9. The van der Waals surface area contributed by atoms with Crippen molar-refractivity contribution in [3.63, 3.8) is 0 Å². The van der Waals surface area contributed by atoms with Gasteiger partial charge >= 0.3 is 0 Å². The second kappa shape index (κ2) is 7.41. The lowest BCUT2D eigenvalue weighted by Gasteiger charge is -2.34. The fraction of sp³-hybridized carbons (Fsp3) is 0.500. The van der Waals surface area contributed by atoms with E-state index in [4.69, 9.17) is 16.1 Å². The van der Waals surface area contributed by atoms with Gasteiger partial charge in [-0.15, -0.1) is 0 Å². The summed E-state index contributed by atoms with van der Waals surface area (Å²) in [4.78, 5) is 6.51. The molecule has 1 saturated heterocycles. The molecule has 0 amide bonds. The maximum atomic E-state index is 12.2. The molecule has 136 valence electrons. The van der Waals surface area contributed by atoms with E-state index >= 15 is 0 Å². The Bertz CT molecular complexity index is 829. The summed E-state index contributed by atoms with van der Waals surface area (Å²) in [6.45, 7) is 6.17. The molecule has 1 aromatic heterocycles. The van der Waals surface area contributed by atoms with Gasteiger partial charge in [-0.25, -0.2) is 8.42 Å². The third kappa shape index (κ3) is 4.03. The minimum atomic E-state index is -3.19. The highest BCUT2D eigenvalue weighted by Gasteiger charge is 2.29. The highest BCUT2D eigenvalue weighted by atomic mass is 35.5. The molecule has 1 aromatic carbocycles. The van der Waals surface area contributed by atoms with Gasteiger partial charge in [-0.2, -0.15) is 9.29 Å². The maximum Gasteiger partial charge on any atom is 0.259 e. The van der Waals surface area contributed by atoms with Crippen molar-refractivity contribution in [1.82, 2.24) is 19.3 Å². The zero-order chi connectivity index (χ0) is 18.0. The van der Waals surface area contributed by atoms with E-state index in [9.17, 15) is 8.42 Å². The summed E-state index contributed by atoms with van der Waals surface area (Å²) in [7, 11) is -3.19. The molecular weight excluding hydrogens is 364 g/mol. The Kier molecular flexibility index (Phi) is 5.43. The van der Waals surface area contributed by atoms with Crippen LogP contribution in [0, 0.1) is 0 Å². The summed E-state index contributed by atoms with van der Waals surface area (Å²) in [6.07, 6.45) is 0. The molecule has 0 atom stereocenters. The van der Waals surface area contributed by atoms with Crippen molar-refractivity contribution in [2.75, 3.05) is 26.2 Å². The molecule has 3 rings (SSSR count). The monoisotopic (exact) mass is 384 g/mol. The van der Waals surface area contributed by atoms with Crippen LogP contribution in [0.2, 0.25) is 5.02 Å². The van der Waals surface area contributed by atoms with Gasteiger partial charge in [0.1, 0.15) is 0 Å². The molecule has 1 fully saturated rings. The fourth-order valence-corrected chi connectivity index (χ4v) is 4.19. The van der Waals surface area contributed by atoms with Gasteiger partial charge in [0.05, 0.1) is 22.4 Å². The molecule has 0 aliphatic carbocycles. The summed E-state index contributed by atoms with van der Waals surface area (Å²) < 4.78 is 31.3. The molecule has 2 aromatic rings. The van der Waals surface area contributed by atoms with Gasteiger partial charge < -0.3 is 4.52 Å². The lowest BCUT2D eigenvalue weighted by Crippen LogP contribution is -2.50. The van der Waals surface area contributed by atoms with E-state index in [2.05, 4.69) is 15.0 Å². The lowest BCUT2D eigenvalue weighted by atomic mass is 10.2. The van der Waals surface area contributed by atoms with Crippen LogP contribution in [0.3, 0.4) is 0 Å². The number of nitrogens with zero attached hydrogens (tertiary/aromatic N) is 4. The third-order valence-corrected chi connectivity index (χ3v) is 6.83. The Balaban J connectivity index is 1.61. The van der Waals surface area contributed by atoms with Crippen LogP contribution >= 0.6 is 11.6 Å². The molecule has 0 unspecified atom stereocenters. The van der Waals surface area contributed by atoms with Crippen molar-refractivity contribution in [1.29, 1.82) is 0 Å². The van der Waals surface area contributed by atoms with Crippen LogP contribution < -0.4 is 0 Å². The largest absolute Gasteiger partial charge is 0.334 e. The summed E-state index contributed by atoms with van der Waals surface area (Å²) in [6, 6.07) is 7.30. The first-order valence-electron chi connectivity index (χ1n) is 8.16. The predicted molar refractivity (Wildman–Crippen MR) is 95.6 cm³/mol. The molecular formula is C16H21ClN4O3S. The molecule has 7 nitrogen and oxygen atoms in total. The second-order valence-electron chi connectivity index (χ2n) is 6.26. The van der Waals surface area contributed by atoms with Crippen LogP contribution in [-0.4, -0.2) is 59.2 Å². The van der Waals surface area contributed by atoms with E-state index in [1.807, 2.05) is 18.2 Å². The smallest absolute Gasteiger partial charge is 0.259 e. The number of hydrogen-bond donors (Lipinski definition) is 0. The van der Waals surface area contributed by atoms with Gasteiger partial charge in [-0.3, -0.25) is 4.90 Å². The summed E-state index contributed by atoms with van der Waals surface area (Å²) in [5, 5.41) is 4.17. The molecule has 9 heteroatoms. The molecule has 25 heavy (non-hydrogen) atoms. The van der Waals surface area contributed by atoms with Crippen LogP contribution in [0.25, 0.3) is 11.5 Å². The van der Waals surface area contributed by atoms with Gasteiger partial charge in [0.25, 0.3) is 5.89 Å². The zero-order valence-electron chi connectivity index (χ0n) is 14.2. The quantitative estimate of drug-likeness (QED) is 0.786. The molecule has 1 aliphatic heterocycles. The van der Waals surface area contributed by atoms with Crippen LogP contribution in [0.4, 0.5) is 0 Å². The third-order valence-electron chi connectivity index (χ3n) is 4.22. The highest BCUT2D eigenvalue weighted by Crippen LogP contribution is 2.26. The minimum absolute atomic E-state index is 0.390. The molecule has 1 aliphatic rings. The van der Waals surface area contributed by atoms with Crippen LogP contribution in [0.5, 0.6) is 0 Å². The molecule has 0 spiro atoms. The number of benzene rings is 1. The number of piperazine rings is 1. The van der Waals surface area contributed by atoms with Crippen molar-refractivity contribution < 1.29 is 12.9 Å². The van der Waals surface area contributed by atoms with E-state index in [-0.39, 0.29) is 0 Å². The van der Waals surface area contributed by atoms with Crippen LogP contribution in [0.1, 0.15) is 19.7 Å². The normalized spacial score (nSPS) is 17.3. The van der Waals surface area contributed by atoms with Gasteiger partial charge in [-0.1, -0.05) is 28.9 Å². The van der Waals surface area contributed by atoms with E-state index in [0.29, 0.717) is 55.0 Å². The summed E-state index contributed by atoms with van der Waals surface area (Å²) in [5.41, 5.74) is 0.704. The van der Waals surface area contributed by atoms with E-state index < -0.39 is 15.3 Å². The van der Waals surface area contributed by atoms with Crippen molar-refractivity contribution in [3.05, 3.63) is 35.1 Å². The zero-order valence-corrected chi connectivity index (χ0v) is 15.8. The van der Waals surface area contributed by atoms with Gasteiger partial charge in [0, 0.05) is 26.2 Å². The van der Waals surface area contributed by atoms with Gasteiger partial charge in [0.15, 0.2) is 5.82 Å². The molecule has 0 radical (unpaired) electrons. The number of halogens is 1. The summed E-state index contributed by atoms with van der Waals surface area (Å²) >= 11 is 6.14. The molecule has 0 bridgehead atoms. The Labute approximate surface area is 152 Å². The lowest BCUT2D eigenvalue weighted by molar-refractivity contribution is 0.176. The first kappa shape index (κ1) is 18.3. The Hall–Kier alpha value is -1.48. The van der Waals surface area contributed by atoms with Crippen LogP contribution in [-0.2, 0) is 16.6 Å². The minimum Gasteiger partial charge on any atom is -0.334 e. The first-order valence-corrected chi connectivity index (χ1v) is 10.0. The Morgan fingerprint density at radius 2 is 1.88 bits per heavy atom. The number of sulfonamides is 1. The summed E-state index contributed by atoms with van der Waals surface area (Å²) in [5.74, 6) is 0.955. The van der Waals surface area contributed by atoms with E-state index in [1.54, 1.807) is 24.2 Å². The molecule has 2 heterocycles. The van der Waals surface area contributed by atoms with Crippen LogP contribution in [0.15, 0.2) is 28.8 Å². The molecule has 0 N–H and O–H groups in total. The van der Waals surface area contributed by atoms with Crippen molar-refractivity contribution >= 4 is 21.6 Å². The SMILES string of the molecule is CC(C)S(=O)(=O)N1CCN(Cc2noc(-c3ccccc3Cl)n2)CC1. The standard InChI is InChI=1S/C16H21ClN4O3S/c1-12(2)25(22,23)21-9-7-20(8-10-21)11-15-18-16(24-19-15)13-5-3-4-6-14(13)17/h3-6,12H,7-11H2,1-2H3. The fourth-order valence-electron chi connectivity index (χ4n) is 2.70. The topological polar surface area (TPSA) is 79.5 Å². The predicted octanol–water partition coefficient (Wildman–Crippen LogP) is 2.25. The Morgan fingerprint density at radius 3 is 2.52 bits per heavy atom. The maximum absolute atomic E-state index is 12.2. The highest BCUT2D eigenvalue weighted by molar-refractivity contribution is 7.89. The van der Waals surface area contributed by atoms with Crippen molar-refractivity contribution in [2.45, 2.75) is 25.6 Å².